The maximum Gasteiger partial charge on any atom is 0.0992 e. The van der Waals surface area contributed by atoms with Gasteiger partial charge in [0.05, 0.1) is 11.6 Å². The first-order valence-corrected chi connectivity index (χ1v) is 3.61. The van der Waals surface area contributed by atoms with Crippen LogP contribution in [0.2, 0.25) is 0 Å². The van der Waals surface area contributed by atoms with Crippen molar-refractivity contribution in [3.63, 3.8) is 0 Å². The highest BCUT2D eigenvalue weighted by atomic mass is 32.2. The lowest BCUT2D eigenvalue weighted by molar-refractivity contribution is 1.40. The Morgan fingerprint density at radius 3 is 2.90 bits per heavy atom. The second-order valence-corrected chi connectivity index (χ2v) is 2.46. The molecule has 0 saturated heterocycles. The fraction of sp³-hybridized carbons (Fsp3) is 0. The van der Waals surface area contributed by atoms with Crippen molar-refractivity contribution in [1.82, 2.24) is 0 Å². The van der Waals surface area contributed by atoms with E-state index in [-0.39, 0.29) is 0 Å². The van der Waals surface area contributed by atoms with Gasteiger partial charge < -0.3 is 0 Å². The third-order valence-corrected chi connectivity index (χ3v) is 1.63. The van der Waals surface area contributed by atoms with E-state index < -0.39 is 0 Å². The number of nitrogens with zero attached hydrogens (tertiary/aromatic N) is 1. The van der Waals surface area contributed by atoms with E-state index in [2.05, 4.69) is 0 Å². The minimum absolute atomic E-state index is 0.649. The highest BCUT2D eigenvalue weighted by Crippen LogP contribution is 2.12. The van der Waals surface area contributed by atoms with Gasteiger partial charge >= 0.3 is 0 Å². The molecule has 0 heterocycles. The summed E-state index contributed by atoms with van der Waals surface area (Å²) in [6.07, 6.45) is 0. The molecule has 50 valence electrons. The summed E-state index contributed by atoms with van der Waals surface area (Å²) in [5, 5.41) is 13.7. The summed E-state index contributed by atoms with van der Waals surface area (Å²) in [6.45, 7) is 0. The van der Waals surface area contributed by atoms with Gasteiger partial charge in [-0.25, -0.2) is 0 Å². The molecule has 2 N–H and O–H groups in total. The van der Waals surface area contributed by atoms with E-state index in [1.54, 1.807) is 12.1 Å². The fourth-order valence-electron chi connectivity index (χ4n) is 0.639. The lowest BCUT2D eigenvalue weighted by Gasteiger charge is -1.92. The van der Waals surface area contributed by atoms with Gasteiger partial charge in [0.25, 0.3) is 0 Å². The molecular formula is C7H6N2S. The van der Waals surface area contributed by atoms with Crippen molar-refractivity contribution in [1.29, 1.82) is 5.26 Å². The molecule has 0 radical (unpaired) electrons. The highest BCUT2D eigenvalue weighted by Gasteiger charge is 1.90. The third-order valence-electron chi connectivity index (χ3n) is 1.10. The van der Waals surface area contributed by atoms with Crippen LogP contribution in [-0.2, 0) is 0 Å². The van der Waals surface area contributed by atoms with Crippen LogP contribution in [0.3, 0.4) is 0 Å². The van der Waals surface area contributed by atoms with Crippen LogP contribution in [0.15, 0.2) is 29.2 Å². The van der Waals surface area contributed by atoms with Crippen LogP contribution < -0.4 is 5.14 Å². The lowest BCUT2D eigenvalue weighted by atomic mass is 10.2. The van der Waals surface area contributed by atoms with Gasteiger partial charge in [0.15, 0.2) is 0 Å². The molecular weight excluding hydrogens is 144 g/mol. The Labute approximate surface area is 63.8 Å². The van der Waals surface area contributed by atoms with Gasteiger partial charge in [0.1, 0.15) is 0 Å². The predicted octanol–water partition coefficient (Wildman–Crippen LogP) is 1.52. The second kappa shape index (κ2) is 3.25. The Morgan fingerprint density at radius 2 is 2.30 bits per heavy atom. The number of rotatable bonds is 1. The molecule has 0 fully saturated rings. The molecule has 0 aromatic heterocycles. The maximum atomic E-state index is 8.46. The van der Waals surface area contributed by atoms with Crippen LogP contribution in [-0.4, -0.2) is 0 Å². The van der Waals surface area contributed by atoms with Crippen molar-refractivity contribution in [3.8, 4) is 6.07 Å². The number of benzene rings is 1. The molecule has 0 spiro atoms. The summed E-state index contributed by atoms with van der Waals surface area (Å²) in [6, 6.07) is 9.22. The number of hydrogen-bond donors (Lipinski definition) is 1. The first kappa shape index (κ1) is 7.13. The summed E-state index contributed by atoms with van der Waals surface area (Å²) in [5.74, 6) is 0. The van der Waals surface area contributed by atoms with Crippen molar-refractivity contribution < 1.29 is 0 Å². The minimum atomic E-state index is 0.649. The molecule has 0 aliphatic heterocycles. The smallest absolute Gasteiger partial charge is 0.0992 e. The van der Waals surface area contributed by atoms with Crippen LogP contribution in [0.25, 0.3) is 0 Å². The zero-order valence-electron chi connectivity index (χ0n) is 5.24. The molecule has 0 saturated carbocycles. The van der Waals surface area contributed by atoms with E-state index in [0.29, 0.717) is 5.56 Å². The Morgan fingerprint density at radius 1 is 1.50 bits per heavy atom. The molecule has 0 atom stereocenters. The average molecular weight is 150 g/mol. The molecule has 2 nitrogen and oxygen atoms in total. The normalized spacial score (nSPS) is 8.80. The van der Waals surface area contributed by atoms with E-state index in [1.165, 1.54) is 0 Å². The Hall–Kier alpha value is -0.980. The first-order chi connectivity index (χ1) is 4.86. The zero-order chi connectivity index (χ0) is 7.40. The monoisotopic (exact) mass is 150 g/mol. The molecule has 1 aromatic carbocycles. The molecule has 3 heteroatoms. The van der Waals surface area contributed by atoms with Crippen molar-refractivity contribution >= 4 is 11.9 Å². The zero-order valence-corrected chi connectivity index (χ0v) is 6.06. The second-order valence-electron chi connectivity index (χ2n) is 1.76. The van der Waals surface area contributed by atoms with Crippen LogP contribution in [0.5, 0.6) is 0 Å². The van der Waals surface area contributed by atoms with Crippen LogP contribution >= 0.6 is 11.9 Å². The summed E-state index contributed by atoms with van der Waals surface area (Å²) in [4.78, 5) is 0.916. The average Bonchev–Trinajstić information content (AvgIpc) is 2.05. The van der Waals surface area contributed by atoms with Gasteiger partial charge in [-0.1, -0.05) is 6.07 Å². The standard InChI is InChI=1S/C7H6N2S/c8-5-6-2-1-3-7(4-6)10-9/h1-4H,9H2. The molecule has 0 bridgehead atoms. The van der Waals surface area contributed by atoms with Crippen LogP contribution in [0, 0.1) is 11.3 Å². The van der Waals surface area contributed by atoms with Gasteiger partial charge in [-0.15, -0.1) is 0 Å². The van der Waals surface area contributed by atoms with Crippen LogP contribution in [0.4, 0.5) is 0 Å². The fourth-order valence-corrected chi connectivity index (χ4v) is 0.991. The number of nitrogens with two attached hydrogens (primary N) is 1. The van der Waals surface area contributed by atoms with E-state index in [0.717, 1.165) is 16.8 Å². The van der Waals surface area contributed by atoms with E-state index in [9.17, 15) is 0 Å². The van der Waals surface area contributed by atoms with Gasteiger partial charge in [0, 0.05) is 4.90 Å². The number of hydrogen-bond acceptors (Lipinski definition) is 3. The van der Waals surface area contributed by atoms with Gasteiger partial charge in [-0.3, -0.25) is 5.14 Å². The topological polar surface area (TPSA) is 49.8 Å². The van der Waals surface area contributed by atoms with E-state index in [1.807, 2.05) is 18.2 Å². The molecule has 0 aliphatic carbocycles. The first-order valence-electron chi connectivity index (χ1n) is 2.73. The lowest BCUT2D eigenvalue weighted by Crippen LogP contribution is -1.80. The summed E-state index contributed by atoms with van der Waals surface area (Å²) < 4.78 is 0. The minimum Gasteiger partial charge on any atom is -0.274 e. The van der Waals surface area contributed by atoms with Crippen molar-refractivity contribution in [2.24, 2.45) is 5.14 Å². The van der Waals surface area contributed by atoms with Gasteiger partial charge in [-0.05, 0) is 30.1 Å². The quantitative estimate of drug-likeness (QED) is 0.617. The van der Waals surface area contributed by atoms with Crippen molar-refractivity contribution in [3.05, 3.63) is 29.8 Å². The van der Waals surface area contributed by atoms with Crippen molar-refractivity contribution in [2.45, 2.75) is 4.90 Å². The molecule has 0 unspecified atom stereocenters. The van der Waals surface area contributed by atoms with Gasteiger partial charge in [-0.2, -0.15) is 5.26 Å². The maximum absolute atomic E-state index is 8.46. The highest BCUT2D eigenvalue weighted by molar-refractivity contribution is 7.97. The SMILES string of the molecule is N#Cc1cccc(SN)c1. The van der Waals surface area contributed by atoms with E-state index in [4.69, 9.17) is 10.4 Å². The Balaban J connectivity index is 3.01. The van der Waals surface area contributed by atoms with E-state index >= 15 is 0 Å². The summed E-state index contributed by atoms with van der Waals surface area (Å²) >= 11 is 1.15. The molecule has 10 heavy (non-hydrogen) atoms. The molecule has 0 amide bonds. The Bertz CT molecular complexity index is 265. The van der Waals surface area contributed by atoms with Crippen LogP contribution in [0.1, 0.15) is 5.56 Å². The molecule has 1 rings (SSSR count). The predicted molar refractivity (Wildman–Crippen MR) is 41.2 cm³/mol. The summed E-state index contributed by atoms with van der Waals surface area (Å²) in [5.41, 5.74) is 0.649. The number of nitriles is 1. The largest absolute Gasteiger partial charge is 0.274 e. The third kappa shape index (κ3) is 1.50. The van der Waals surface area contributed by atoms with Gasteiger partial charge in [0.2, 0.25) is 0 Å². The van der Waals surface area contributed by atoms with Crippen molar-refractivity contribution in [2.75, 3.05) is 0 Å². The summed E-state index contributed by atoms with van der Waals surface area (Å²) in [7, 11) is 0. The molecule has 1 aromatic rings. The Kier molecular flexibility index (Phi) is 2.32. The molecule has 0 aliphatic rings.